The van der Waals surface area contributed by atoms with Crippen LogP contribution in [0.5, 0.6) is 0 Å². The molecule has 0 saturated carbocycles. The highest BCUT2D eigenvalue weighted by Gasteiger charge is 2.30. The molecule has 1 aliphatic rings. The summed E-state index contributed by atoms with van der Waals surface area (Å²) < 4.78 is 54.2. The van der Waals surface area contributed by atoms with Crippen molar-refractivity contribution >= 4 is 27.8 Å². The first kappa shape index (κ1) is 21.8. The van der Waals surface area contributed by atoms with Crippen LogP contribution in [-0.4, -0.2) is 55.5 Å². The molecule has 0 radical (unpaired) electrons. The molecule has 2 aromatic carbocycles. The number of nitrogens with zero attached hydrogens (tertiary/aromatic N) is 2. The highest BCUT2D eigenvalue weighted by Crippen LogP contribution is 2.20. The number of rotatable bonds is 5. The number of carbonyl (C=O) groups is 2. The Hall–Kier alpha value is -2.91. The van der Waals surface area contributed by atoms with Gasteiger partial charge in [-0.3, -0.25) is 9.59 Å². The van der Waals surface area contributed by atoms with Gasteiger partial charge in [-0.05, 0) is 37.3 Å². The van der Waals surface area contributed by atoms with Crippen molar-refractivity contribution in [2.45, 2.75) is 11.8 Å². The Morgan fingerprint density at radius 2 is 1.57 bits per heavy atom. The molecule has 1 aliphatic heterocycles. The first-order chi connectivity index (χ1) is 14.2. The molecule has 3 rings (SSSR count). The van der Waals surface area contributed by atoms with Gasteiger partial charge in [-0.25, -0.2) is 17.2 Å². The second-order valence-electron chi connectivity index (χ2n) is 6.78. The summed E-state index contributed by atoms with van der Waals surface area (Å²) in [7, 11) is -3.81. The van der Waals surface area contributed by atoms with E-state index < -0.39 is 27.6 Å². The minimum atomic E-state index is -3.81. The highest BCUT2D eigenvalue weighted by atomic mass is 32.2. The van der Waals surface area contributed by atoms with Crippen molar-refractivity contribution in [1.82, 2.24) is 9.21 Å². The van der Waals surface area contributed by atoms with E-state index >= 15 is 0 Å². The number of benzene rings is 2. The van der Waals surface area contributed by atoms with Gasteiger partial charge in [-0.2, -0.15) is 4.31 Å². The number of halogens is 2. The minimum absolute atomic E-state index is 0.0184. The fourth-order valence-electron chi connectivity index (χ4n) is 3.10. The molecule has 0 aromatic heterocycles. The zero-order valence-corrected chi connectivity index (χ0v) is 17.0. The van der Waals surface area contributed by atoms with Crippen molar-refractivity contribution in [3.63, 3.8) is 0 Å². The predicted molar refractivity (Wildman–Crippen MR) is 107 cm³/mol. The predicted octanol–water partition coefficient (Wildman–Crippen LogP) is 2.71. The van der Waals surface area contributed by atoms with E-state index in [9.17, 15) is 26.8 Å². The quantitative estimate of drug-likeness (QED) is 0.536. The Morgan fingerprint density at radius 1 is 0.967 bits per heavy atom. The molecule has 2 aromatic rings. The molecule has 0 aliphatic carbocycles. The van der Waals surface area contributed by atoms with Crippen LogP contribution in [0.2, 0.25) is 0 Å². The largest absolute Gasteiger partial charge is 0.337 e. The monoisotopic (exact) mass is 434 g/mol. The summed E-state index contributed by atoms with van der Waals surface area (Å²) in [5.74, 6) is -2.25. The number of amides is 1. The van der Waals surface area contributed by atoms with E-state index in [1.807, 2.05) is 0 Å². The smallest absolute Gasteiger partial charge is 0.246 e. The summed E-state index contributed by atoms with van der Waals surface area (Å²) in [6, 6.07) is 9.23. The van der Waals surface area contributed by atoms with Gasteiger partial charge in [0.15, 0.2) is 5.78 Å². The average Bonchev–Trinajstić information content (AvgIpc) is 2.73. The fraction of sp³-hybridized carbons (Fsp3) is 0.238. The van der Waals surface area contributed by atoms with Gasteiger partial charge in [0.1, 0.15) is 11.6 Å². The summed E-state index contributed by atoms with van der Waals surface area (Å²) in [5.41, 5.74) is -0.00665. The molecule has 0 spiro atoms. The number of carbonyl (C=O) groups excluding carboxylic acids is 2. The number of hydrogen-bond donors (Lipinski definition) is 0. The van der Waals surface area contributed by atoms with E-state index in [1.165, 1.54) is 40.4 Å². The molecule has 0 bridgehead atoms. The van der Waals surface area contributed by atoms with Crippen LogP contribution >= 0.6 is 0 Å². The van der Waals surface area contributed by atoms with Gasteiger partial charge < -0.3 is 4.90 Å². The maximum atomic E-state index is 13.7. The Bertz CT molecular complexity index is 1090. The SMILES string of the molecule is CC(=O)c1cccc(S(=O)(=O)N2CCN(C(=O)C=Cc3c(F)cccc3F)CC2)c1. The average molecular weight is 434 g/mol. The molecule has 0 atom stereocenters. The van der Waals surface area contributed by atoms with Gasteiger partial charge in [-0.1, -0.05) is 18.2 Å². The maximum absolute atomic E-state index is 13.7. The van der Waals surface area contributed by atoms with Crippen LogP contribution in [0.3, 0.4) is 0 Å². The molecule has 9 heteroatoms. The lowest BCUT2D eigenvalue weighted by Crippen LogP contribution is -2.50. The van der Waals surface area contributed by atoms with Gasteiger partial charge in [0.2, 0.25) is 15.9 Å². The Labute approximate surface area is 173 Å². The third-order valence-electron chi connectivity index (χ3n) is 4.82. The minimum Gasteiger partial charge on any atom is -0.337 e. The standard InChI is InChI=1S/C21H20F2N2O4S/c1-15(26)16-4-2-5-17(14-16)30(28,29)25-12-10-24(11-13-25)21(27)9-8-18-19(22)6-3-7-20(18)23/h2-9,14H,10-13H2,1H3. The molecular weight excluding hydrogens is 414 g/mol. The van der Waals surface area contributed by atoms with Gasteiger partial charge in [0, 0.05) is 43.4 Å². The molecule has 30 heavy (non-hydrogen) atoms. The molecule has 0 N–H and O–H groups in total. The van der Waals surface area contributed by atoms with Crippen LogP contribution in [0.1, 0.15) is 22.8 Å². The van der Waals surface area contributed by atoms with E-state index in [1.54, 1.807) is 6.07 Å². The topological polar surface area (TPSA) is 74.8 Å². The summed E-state index contributed by atoms with van der Waals surface area (Å²) in [6.45, 7) is 1.76. The highest BCUT2D eigenvalue weighted by molar-refractivity contribution is 7.89. The second-order valence-corrected chi connectivity index (χ2v) is 8.72. The number of ketones is 1. The molecule has 1 saturated heterocycles. The summed E-state index contributed by atoms with van der Waals surface area (Å²) in [6.07, 6.45) is 2.14. The summed E-state index contributed by atoms with van der Waals surface area (Å²) in [5, 5.41) is 0. The Morgan fingerprint density at radius 3 is 2.17 bits per heavy atom. The van der Waals surface area contributed by atoms with Gasteiger partial charge in [-0.15, -0.1) is 0 Å². The van der Waals surface area contributed by atoms with Gasteiger partial charge in [0.25, 0.3) is 0 Å². The first-order valence-electron chi connectivity index (χ1n) is 9.22. The van der Waals surface area contributed by atoms with Crippen molar-refractivity contribution in [2.24, 2.45) is 0 Å². The Kier molecular flexibility index (Phi) is 6.42. The van der Waals surface area contributed by atoms with Crippen molar-refractivity contribution in [3.8, 4) is 0 Å². The third kappa shape index (κ3) is 4.63. The zero-order valence-electron chi connectivity index (χ0n) is 16.2. The van der Waals surface area contributed by atoms with Crippen molar-refractivity contribution in [2.75, 3.05) is 26.2 Å². The molecule has 6 nitrogen and oxygen atoms in total. The lowest BCUT2D eigenvalue weighted by Gasteiger charge is -2.33. The zero-order chi connectivity index (χ0) is 21.9. The van der Waals surface area contributed by atoms with Crippen molar-refractivity contribution in [1.29, 1.82) is 0 Å². The molecule has 1 heterocycles. The number of piperazine rings is 1. The lowest BCUT2D eigenvalue weighted by molar-refractivity contribution is -0.127. The molecule has 1 fully saturated rings. The van der Waals surface area contributed by atoms with Crippen LogP contribution in [0, 0.1) is 11.6 Å². The first-order valence-corrected chi connectivity index (χ1v) is 10.7. The molecular formula is C21H20F2N2O4S. The van der Waals surface area contributed by atoms with Crippen LogP contribution in [0.15, 0.2) is 53.4 Å². The lowest BCUT2D eigenvalue weighted by atomic mass is 10.2. The Balaban J connectivity index is 1.67. The van der Waals surface area contributed by atoms with Gasteiger partial charge >= 0.3 is 0 Å². The molecule has 1 amide bonds. The van der Waals surface area contributed by atoms with Crippen LogP contribution in [-0.2, 0) is 14.8 Å². The van der Waals surface area contributed by atoms with Crippen molar-refractivity contribution in [3.05, 3.63) is 71.3 Å². The van der Waals surface area contributed by atoms with E-state index in [2.05, 4.69) is 0 Å². The van der Waals surface area contributed by atoms with Gasteiger partial charge in [0.05, 0.1) is 4.90 Å². The van der Waals surface area contributed by atoms with E-state index in [-0.39, 0.29) is 42.4 Å². The van der Waals surface area contributed by atoms with E-state index in [0.29, 0.717) is 5.56 Å². The number of sulfonamides is 1. The number of Topliss-reactive ketones (excluding diaryl/α,β-unsaturated/α-hetero) is 1. The van der Waals surface area contributed by atoms with Crippen molar-refractivity contribution < 1.29 is 26.8 Å². The summed E-state index contributed by atoms with van der Waals surface area (Å²) in [4.78, 5) is 25.3. The normalized spacial score (nSPS) is 15.5. The number of hydrogen-bond acceptors (Lipinski definition) is 4. The third-order valence-corrected chi connectivity index (χ3v) is 6.72. The van der Waals surface area contributed by atoms with Crippen LogP contribution in [0.25, 0.3) is 6.08 Å². The van der Waals surface area contributed by atoms with E-state index in [0.717, 1.165) is 24.3 Å². The van der Waals surface area contributed by atoms with E-state index in [4.69, 9.17) is 0 Å². The van der Waals surface area contributed by atoms with Crippen LogP contribution in [0.4, 0.5) is 8.78 Å². The maximum Gasteiger partial charge on any atom is 0.246 e. The van der Waals surface area contributed by atoms with Crippen LogP contribution < -0.4 is 0 Å². The second kappa shape index (κ2) is 8.85. The molecule has 158 valence electrons. The fourth-order valence-corrected chi connectivity index (χ4v) is 4.57. The molecule has 0 unspecified atom stereocenters. The summed E-state index contributed by atoms with van der Waals surface area (Å²) >= 11 is 0.